The molecule has 2 saturated heterocycles. The largest absolute Gasteiger partial charge is 0.378 e. The lowest BCUT2D eigenvalue weighted by atomic mass is 10.0. The fraction of sp³-hybridized carbons (Fsp3) is 0.433. The van der Waals surface area contributed by atoms with Gasteiger partial charge < -0.3 is 24.4 Å². The molecule has 0 atom stereocenters. The van der Waals surface area contributed by atoms with Gasteiger partial charge in [0.25, 0.3) is 0 Å². The molecule has 0 saturated carbocycles. The Bertz CT molecular complexity index is 1420. The number of aromatic nitrogens is 4. The van der Waals surface area contributed by atoms with Crippen molar-refractivity contribution in [3.05, 3.63) is 54.4 Å². The predicted octanol–water partition coefficient (Wildman–Crippen LogP) is 4.45. The lowest BCUT2D eigenvalue weighted by Gasteiger charge is -2.38. The van der Waals surface area contributed by atoms with Crippen LogP contribution in [0.5, 0.6) is 0 Å². The Hall–Kier alpha value is -3.69. The van der Waals surface area contributed by atoms with Gasteiger partial charge in [0.15, 0.2) is 11.6 Å². The molecule has 9 heteroatoms. The molecule has 2 fully saturated rings. The van der Waals surface area contributed by atoms with Gasteiger partial charge in [0.05, 0.1) is 24.4 Å². The molecule has 1 N–H and O–H groups in total. The number of nitrogens with one attached hydrogen (secondary N) is 1. The highest BCUT2D eigenvalue weighted by Gasteiger charge is 2.19. The van der Waals surface area contributed by atoms with Crippen molar-refractivity contribution >= 4 is 34.0 Å². The Balaban J connectivity index is 1.25. The van der Waals surface area contributed by atoms with Crippen LogP contribution in [-0.2, 0) is 11.8 Å². The van der Waals surface area contributed by atoms with Crippen molar-refractivity contribution < 1.29 is 4.74 Å². The molecule has 2 aromatic carbocycles. The lowest BCUT2D eigenvalue weighted by molar-refractivity contribution is 0.122. The number of morpholine rings is 1. The first-order chi connectivity index (χ1) is 19.0. The molecule has 0 aliphatic carbocycles. The van der Waals surface area contributed by atoms with Crippen LogP contribution in [0, 0.1) is 6.92 Å². The Labute approximate surface area is 230 Å². The number of piperazine rings is 1. The summed E-state index contributed by atoms with van der Waals surface area (Å²) in [6.45, 7) is 14.1. The van der Waals surface area contributed by atoms with E-state index in [1.54, 1.807) is 0 Å². The van der Waals surface area contributed by atoms with Crippen LogP contribution in [0.3, 0.4) is 0 Å². The number of nitrogens with zero attached hydrogens (tertiary/aromatic N) is 7. The summed E-state index contributed by atoms with van der Waals surface area (Å²) in [4.78, 5) is 12.1. The van der Waals surface area contributed by atoms with Gasteiger partial charge in [-0.25, -0.2) is 4.98 Å². The number of fused-ring (bicyclic) bond motifs is 1. The van der Waals surface area contributed by atoms with Crippen LogP contribution in [-0.4, -0.2) is 83.2 Å². The summed E-state index contributed by atoms with van der Waals surface area (Å²) in [5, 5.41) is 12.5. The topological polar surface area (TPSA) is 74.6 Å². The van der Waals surface area contributed by atoms with E-state index in [0.717, 1.165) is 86.4 Å². The first-order valence-corrected chi connectivity index (χ1v) is 14.0. The zero-order chi connectivity index (χ0) is 26.9. The van der Waals surface area contributed by atoms with Gasteiger partial charge in [-0.1, -0.05) is 12.1 Å². The zero-order valence-electron chi connectivity index (χ0n) is 23.4. The van der Waals surface area contributed by atoms with Crippen molar-refractivity contribution in [2.75, 3.05) is 67.6 Å². The number of anilines is 4. The molecule has 2 aromatic heterocycles. The van der Waals surface area contributed by atoms with Gasteiger partial charge in [0.2, 0.25) is 0 Å². The van der Waals surface area contributed by atoms with Crippen LogP contribution < -0.4 is 15.1 Å². The summed E-state index contributed by atoms with van der Waals surface area (Å²) in [6, 6.07) is 18.0. The van der Waals surface area contributed by atoms with E-state index in [1.807, 2.05) is 19.1 Å². The number of benzene rings is 2. The second-order valence-electron chi connectivity index (χ2n) is 10.8. The average molecular weight is 527 g/mol. The second kappa shape index (κ2) is 10.8. The van der Waals surface area contributed by atoms with Crippen molar-refractivity contribution in [2.45, 2.75) is 26.8 Å². The molecule has 2 aliphatic rings. The highest BCUT2D eigenvalue weighted by molar-refractivity contribution is 5.95. The molecule has 6 rings (SSSR count). The molecule has 39 heavy (non-hydrogen) atoms. The molecule has 0 bridgehead atoms. The second-order valence-corrected chi connectivity index (χ2v) is 10.8. The van der Waals surface area contributed by atoms with Crippen LogP contribution in [0.25, 0.3) is 22.2 Å². The molecule has 204 valence electrons. The third-order valence-electron chi connectivity index (χ3n) is 8.07. The number of imidazole rings is 1. The summed E-state index contributed by atoms with van der Waals surface area (Å²) >= 11 is 0. The Morgan fingerprint density at radius 1 is 0.821 bits per heavy atom. The molecule has 0 radical (unpaired) electrons. The minimum Gasteiger partial charge on any atom is -0.378 e. The highest BCUT2D eigenvalue weighted by Crippen LogP contribution is 2.33. The van der Waals surface area contributed by atoms with E-state index in [9.17, 15) is 0 Å². The monoisotopic (exact) mass is 526 g/mol. The zero-order valence-corrected chi connectivity index (χ0v) is 23.4. The van der Waals surface area contributed by atoms with Gasteiger partial charge in [0, 0.05) is 58.0 Å². The molecule has 4 heterocycles. The maximum atomic E-state index is 5.46. The molecule has 0 amide bonds. The maximum absolute atomic E-state index is 5.46. The SMILES string of the molecule is Cc1nc2c(Nc3ccc(N4CCOCC4)nn3)cc(-c3ccc(N4CCN(C(C)C)CC4)cc3)cc2n1C. The average Bonchev–Trinajstić information content (AvgIpc) is 3.27. The van der Waals surface area contributed by atoms with Gasteiger partial charge in [-0.3, -0.25) is 4.90 Å². The summed E-state index contributed by atoms with van der Waals surface area (Å²) < 4.78 is 7.60. The third kappa shape index (κ3) is 5.29. The number of hydrogen-bond acceptors (Lipinski definition) is 8. The highest BCUT2D eigenvalue weighted by atomic mass is 16.5. The first-order valence-electron chi connectivity index (χ1n) is 14.0. The fourth-order valence-corrected chi connectivity index (χ4v) is 5.52. The van der Waals surface area contributed by atoms with Gasteiger partial charge in [-0.05, 0) is 68.3 Å². The van der Waals surface area contributed by atoms with Gasteiger partial charge in [-0.2, -0.15) is 0 Å². The van der Waals surface area contributed by atoms with Crippen LogP contribution in [0.4, 0.5) is 23.0 Å². The lowest BCUT2D eigenvalue weighted by Crippen LogP contribution is -2.48. The third-order valence-corrected chi connectivity index (χ3v) is 8.07. The van der Waals surface area contributed by atoms with E-state index >= 15 is 0 Å². The van der Waals surface area contributed by atoms with E-state index in [4.69, 9.17) is 9.72 Å². The Kier molecular flexibility index (Phi) is 7.10. The van der Waals surface area contributed by atoms with E-state index in [1.165, 1.54) is 11.3 Å². The predicted molar refractivity (Wildman–Crippen MR) is 158 cm³/mol. The number of aryl methyl sites for hydroxylation is 2. The Morgan fingerprint density at radius 3 is 2.23 bits per heavy atom. The van der Waals surface area contributed by atoms with E-state index in [2.05, 4.69) is 92.1 Å². The van der Waals surface area contributed by atoms with Crippen molar-refractivity contribution in [1.82, 2.24) is 24.6 Å². The smallest absolute Gasteiger partial charge is 0.153 e. The molecular weight excluding hydrogens is 488 g/mol. The molecule has 2 aliphatic heterocycles. The summed E-state index contributed by atoms with van der Waals surface area (Å²) in [6.07, 6.45) is 0. The van der Waals surface area contributed by atoms with Crippen LogP contribution >= 0.6 is 0 Å². The number of hydrogen-bond donors (Lipinski definition) is 1. The quantitative estimate of drug-likeness (QED) is 0.395. The van der Waals surface area contributed by atoms with Crippen LogP contribution in [0.1, 0.15) is 19.7 Å². The van der Waals surface area contributed by atoms with Crippen molar-refractivity contribution in [1.29, 1.82) is 0 Å². The van der Waals surface area contributed by atoms with E-state index in [-0.39, 0.29) is 0 Å². The minimum absolute atomic E-state index is 0.608. The van der Waals surface area contributed by atoms with Gasteiger partial charge >= 0.3 is 0 Å². The van der Waals surface area contributed by atoms with Crippen LogP contribution in [0.2, 0.25) is 0 Å². The van der Waals surface area contributed by atoms with E-state index < -0.39 is 0 Å². The maximum Gasteiger partial charge on any atom is 0.153 e. The molecule has 0 unspecified atom stereocenters. The summed E-state index contributed by atoms with van der Waals surface area (Å²) in [5.41, 5.74) is 6.54. The summed E-state index contributed by atoms with van der Waals surface area (Å²) in [5.74, 6) is 2.54. The Morgan fingerprint density at radius 2 is 1.56 bits per heavy atom. The number of rotatable bonds is 6. The van der Waals surface area contributed by atoms with Gasteiger partial charge in [0.1, 0.15) is 11.3 Å². The molecule has 9 nitrogen and oxygen atoms in total. The fourth-order valence-electron chi connectivity index (χ4n) is 5.52. The van der Waals surface area contributed by atoms with Crippen molar-refractivity contribution in [2.24, 2.45) is 7.05 Å². The molecular formula is C30H38N8O. The van der Waals surface area contributed by atoms with Crippen LogP contribution in [0.15, 0.2) is 48.5 Å². The molecule has 0 spiro atoms. The normalized spacial score (nSPS) is 16.8. The van der Waals surface area contributed by atoms with E-state index in [0.29, 0.717) is 11.9 Å². The van der Waals surface area contributed by atoms with Crippen molar-refractivity contribution in [3.63, 3.8) is 0 Å². The minimum atomic E-state index is 0.608. The van der Waals surface area contributed by atoms with Crippen molar-refractivity contribution in [3.8, 4) is 11.1 Å². The summed E-state index contributed by atoms with van der Waals surface area (Å²) in [7, 11) is 2.06. The molecule has 4 aromatic rings. The number of ether oxygens (including phenoxy) is 1. The first kappa shape index (κ1) is 25.6. The standard InChI is InChI=1S/C30H38N8O/c1-21(2)36-11-13-37(14-12-36)25-7-5-23(6-8-25)24-19-26(30-27(20-24)35(4)22(3)31-30)32-28-9-10-29(34-33-28)38-15-17-39-18-16-38/h5-10,19-21H,11-18H2,1-4H3,(H,32,33). The van der Waals surface area contributed by atoms with Gasteiger partial charge in [-0.15, -0.1) is 10.2 Å².